The summed E-state index contributed by atoms with van der Waals surface area (Å²) >= 11 is 0. The number of hydrazine groups is 1. The molecule has 0 radical (unpaired) electrons. The van der Waals surface area contributed by atoms with Crippen molar-refractivity contribution in [2.45, 2.75) is 5.79 Å². The van der Waals surface area contributed by atoms with Crippen LogP contribution in [0.5, 0.6) is 0 Å². The molecule has 0 saturated carbocycles. The molecule has 0 fully saturated rings. The van der Waals surface area contributed by atoms with Crippen molar-refractivity contribution < 1.29 is 9.96 Å². The number of rotatable bonds is 5. The molecule has 1 aliphatic rings. The summed E-state index contributed by atoms with van der Waals surface area (Å²) in [7, 11) is 0. The summed E-state index contributed by atoms with van der Waals surface area (Å²) in [6, 6.07) is 24.7. The van der Waals surface area contributed by atoms with E-state index >= 15 is 0 Å². The Morgan fingerprint density at radius 1 is 0.733 bits per heavy atom. The van der Waals surface area contributed by atoms with Gasteiger partial charge >= 0.3 is 5.79 Å². The van der Waals surface area contributed by atoms with Crippen molar-refractivity contribution in [2.75, 3.05) is 0 Å². The summed E-state index contributed by atoms with van der Waals surface area (Å²) in [6.07, 6.45) is 0. The van der Waals surface area contributed by atoms with E-state index in [0.29, 0.717) is 16.1 Å². The fourth-order valence-electron chi connectivity index (χ4n) is 3.27. The molecule has 1 aliphatic heterocycles. The molecule has 0 spiro atoms. The fraction of sp³-hybridized carbons (Fsp3) is 0.0476. The van der Waals surface area contributed by atoms with Crippen molar-refractivity contribution in [1.29, 1.82) is 0 Å². The number of nitrogens with zero attached hydrogens (tertiary/aromatic N) is 5. The molecule has 148 valence electrons. The van der Waals surface area contributed by atoms with Crippen LogP contribution in [0.4, 0.5) is 0 Å². The lowest BCUT2D eigenvalue weighted by molar-refractivity contribution is -0.747. The second-order valence-electron chi connectivity index (χ2n) is 6.41. The van der Waals surface area contributed by atoms with Crippen molar-refractivity contribution in [3.8, 4) is 0 Å². The van der Waals surface area contributed by atoms with Crippen LogP contribution in [-0.4, -0.2) is 26.6 Å². The maximum Gasteiger partial charge on any atom is 0.477 e. The predicted molar refractivity (Wildman–Crippen MR) is 110 cm³/mol. The molecule has 1 atom stereocenters. The highest BCUT2D eigenvalue weighted by Gasteiger charge is 2.62. The monoisotopic (exact) mass is 401 g/mol. The third-order valence-corrected chi connectivity index (χ3v) is 4.61. The van der Waals surface area contributed by atoms with E-state index in [1.807, 2.05) is 0 Å². The summed E-state index contributed by atoms with van der Waals surface area (Å²) in [5, 5.41) is 24.2. The zero-order valence-corrected chi connectivity index (χ0v) is 15.5. The molecule has 1 unspecified atom stereocenters. The van der Waals surface area contributed by atoms with Crippen molar-refractivity contribution in [2.24, 2.45) is 9.98 Å². The smallest absolute Gasteiger partial charge is 0.260 e. The van der Waals surface area contributed by atoms with Crippen LogP contribution >= 0.6 is 0 Å². The summed E-state index contributed by atoms with van der Waals surface area (Å²) in [4.78, 5) is 32.5. The first-order chi connectivity index (χ1) is 14.5. The van der Waals surface area contributed by atoms with Gasteiger partial charge in [0.25, 0.3) is 0 Å². The minimum atomic E-state index is -2.52. The van der Waals surface area contributed by atoms with E-state index in [9.17, 15) is 20.2 Å². The largest absolute Gasteiger partial charge is 0.477 e. The molecular weight excluding hydrogens is 386 g/mol. The number of aliphatic imine (C=N–C) groups is 2. The van der Waals surface area contributed by atoms with E-state index in [4.69, 9.17) is 0 Å². The first kappa shape index (κ1) is 18.9. The van der Waals surface area contributed by atoms with E-state index < -0.39 is 15.7 Å². The van der Waals surface area contributed by atoms with Crippen LogP contribution in [0.15, 0.2) is 101 Å². The minimum absolute atomic E-state index is 0.0353. The van der Waals surface area contributed by atoms with Crippen LogP contribution in [-0.2, 0) is 5.79 Å². The lowest BCUT2D eigenvalue weighted by Gasteiger charge is -2.30. The number of nitro groups is 2. The van der Waals surface area contributed by atoms with E-state index in [1.54, 1.807) is 78.9 Å². The second-order valence-corrected chi connectivity index (χ2v) is 6.41. The Morgan fingerprint density at radius 3 is 1.73 bits per heavy atom. The maximum absolute atomic E-state index is 12.4. The molecule has 30 heavy (non-hydrogen) atoms. The topological polar surface area (TPSA) is 114 Å². The highest BCUT2D eigenvalue weighted by atomic mass is 16.7. The van der Waals surface area contributed by atoms with Gasteiger partial charge in [0.2, 0.25) is 5.84 Å². The Kier molecular flexibility index (Phi) is 4.77. The SMILES string of the molecule is O=[N+]([O-])N1C(c2ccccc2)=NC(c2ccccc2)=NC1(c1ccccc1)[N+](=O)[O-]. The first-order valence-corrected chi connectivity index (χ1v) is 8.98. The Hall–Kier alpha value is -4.40. The van der Waals surface area contributed by atoms with Crippen molar-refractivity contribution >= 4 is 11.7 Å². The molecule has 0 aromatic heterocycles. The Morgan fingerprint density at radius 2 is 1.23 bits per heavy atom. The van der Waals surface area contributed by atoms with Crippen LogP contribution in [0.3, 0.4) is 0 Å². The maximum atomic E-state index is 12.4. The molecule has 0 amide bonds. The minimum Gasteiger partial charge on any atom is -0.260 e. The van der Waals surface area contributed by atoms with Crippen LogP contribution in [0.2, 0.25) is 0 Å². The van der Waals surface area contributed by atoms with Gasteiger partial charge < -0.3 is 0 Å². The van der Waals surface area contributed by atoms with Crippen molar-refractivity contribution in [3.05, 3.63) is 128 Å². The Bertz CT molecular complexity index is 1150. The zero-order chi connectivity index (χ0) is 21.1. The van der Waals surface area contributed by atoms with E-state index in [-0.39, 0.29) is 17.2 Å². The standard InChI is InChI=1S/C21H15N5O4/c27-25(28)21(18-14-8-3-9-15-18)23-19(16-10-4-1-5-11-16)22-20(24(21)26(29)30)17-12-6-2-7-13-17/h1-15H. The zero-order valence-electron chi connectivity index (χ0n) is 15.5. The van der Waals surface area contributed by atoms with E-state index in [1.165, 1.54) is 12.1 Å². The van der Waals surface area contributed by atoms with E-state index in [0.717, 1.165) is 0 Å². The molecule has 9 heteroatoms. The number of hydrogen-bond acceptors (Lipinski definition) is 6. The first-order valence-electron chi connectivity index (χ1n) is 8.98. The lowest BCUT2D eigenvalue weighted by atomic mass is 10.0. The third-order valence-electron chi connectivity index (χ3n) is 4.61. The molecule has 3 aromatic rings. The molecule has 4 rings (SSSR count). The molecule has 1 heterocycles. The number of hydrogen-bond donors (Lipinski definition) is 0. The molecule has 3 aromatic carbocycles. The Labute approximate surface area is 170 Å². The van der Waals surface area contributed by atoms with Gasteiger partial charge in [-0.15, -0.1) is 0 Å². The Balaban J connectivity index is 2.07. The molecule has 0 saturated heterocycles. The van der Waals surface area contributed by atoms with Crippen molar-refractivity contribution in [3.63, 3.8) is 0 Å². The van der Waals surface area contributed by atoms with Gasteiger partial charge in [0, 0.05) is 16.1 Å². The molecular formula is C21H15N5O4. The van der Waals surface area contributed by atoms with Gasteiger partial charge in [0.05, 0.1) is 10.5 Å². The normalized spacial score (nSPS) is 18.3. The quantitative estimate of drug-likeness (QED) is 0.480. The van der Waals surface area contributed by atoms with Gasteiger partial charge in [-0.05, 0) is 12.1 Å². The molecule has 0 bridgehead atoms. The third kappa shape index (κ3) is 3.08. The van der Waals surface area contributed by atoms with Gasteiger partial charge in [-0.25, -0.2) is 15.1 Å². The van der Waals surface area contributed by atoms with E-state index in [2.05, 4.69) is 9.98 Å². The molecule has 0 N–H and O–H groups in total. The second kappa shape index (κ2) is 7.55. The van der Waals surface area contributed by atoms with Gasteiger partial charge in [0.1, 0.15) is 0 Å². The highest BCUT2D eigenvalue weighted by molar-refractivity contribution is 6.12. The summed E-state index contributed by atoms with van der Waals surface area (Å²) in [5.74, 6) is -2.66. The van der Waals surface area contributed by atoms with Gasteiger partial charge in [-0.1, -0.05) is 78.9 Å². The summed E-state index contributed by atoms with van der Waals surface area (Å²) in [6.45, 7) is 0. The van der Waals surface area contributed by atoms with Crippen LogP contribution < -0.4 is 0 Å². The number of benzene rings is 3. The average Bonchev–Trinajstić information content (AvgIpc) is 2.79. The summed E-state index contributed by atoms with van der Waals surface area (Å²) < 4.78 is 0. The number of amidine groups is 2. The summed E-state index contributed by atoms with van der Waals surface area (Å²) in [5.41, 5.74) is 0.916. The highest BCUT2D eigenvalue weighted by Crippen LogP contribution is 2.36. The van der Waals surface area contributed by atoms with Gasteiger partial charge in [0.15, 0.2) is 10.9 Å². The fourth-order valence-corrected chi connectivity index (χ4v) is 3.27. The van der Waals surface area contributed by atoms with Crippen LogP contribution in [0, 0.1) is 20.2 Å². The lowest BCUT2D eigenvalue weighted by Crippen LogP contribution is -2.58. The molecule has 9 nitrogen and oxygen atoms in total. The van der Waals surface area contributed by atoms with Crippen LogP contribution in [0.25, 0.3) is 0 Å². The molecule has 0 aliphatic carbocycles. The van der Waals surface area contributed by atoms with Gasteiger partial charge in [-0.3, -0.25) is 10.1 Å². The van der Waals surface area contributed by atoms with Crippen LogP contribution in [0.1, 0.15) is 16.7 Å². The van der Waals surface area contributed by atoms with Crippen molar-refractivity contribution in [1.82, 2.24) is 5.01 Å². The predicted octanol–water partition coefficient (Wildman–Crippen LogP) is 3.47. The van der Waals surface area contributed by atoms with Gasteiger partial charge in [-0.2, -0.15) is 4.99 Å². The average molecular weight is 401 g/mol.